The fourth-order valence-corrected chi connectivity index (χ4v) is 1.26. The molecule has 15 heavy (non-hydrogen) atoms. The van der Waals surface area contributed by atoms with Gasteiger partial charge in [0.15, 0.2) is 13.1 Å². The zero-order chi connectivity index (χ0) is 10.8. The van der Waals surface area contributed by atoms with E-state index in [9.17, 15) is 0 Å². The standard InChI is InChI=1S/C10H20O5/c1-11-6-7-12-8-13-9-15-10-4-2-3-5-14-10/h10H,2-9H2,1H3. The minimum Gasteiger partial charge on any atom is -0.382 e. The van der Waals surface area contributed by atoms with Gasteiger partial charge in [-0.25, -0.2) is 0 Å². The Kier molecular flexibility index (Phi) is 7.77. The first-order chi connectivity index (χ1) is 7.43. The number of hydrogen-bond donors (Lipinski definition) is 0. The van der Waals surface area contributed by atoms with Crippen molar-refractivity contribution in [2.75, 3.05) is 40.5 Å². The van der Waals surface area contributed by atoms with Gasteiger partial charge in [-0.15, -0.1) is 0 Å². The first-order valence-electron chi connectivity index (χ1n) is 5.31. The van der Waals surface area contributed by atoms with Crippen LogP contribution >= 0.6 is 0 Å². The van der Waals surface area contributed by atoms with Gasteiger partial charge in [-0.2, -0.15) is 0 Å². The Hall–Kier alpha value is -0.200. The van der Waals surface area contributed by atoms with Crippen molar-refractivity contribution >= 4 is 0 Å². The van der Waals surface area contributed by atoms with Crippen LogP contribution in [-0.2, 0) is 23.7 Å². The second-order valence-electron chi connectivity index (χ2n) is 3.30. The topological polar surface area (TPSA) is 46.2 Å². The van der Waals surface area contributed by atoms with Gasteiger partial charge in [-0.1, -0.05) is 0 Å². The Balaban J connectivity index is 1.79. The van der Waals surface area contributed by atoms with Gasteiger partial charge in [0.2, 0.25) is 0 Å². The highest BCUT2D eigenvalue weighted by molar-refractivity contribution is 4.52. The van der Waals surface area contributed by atoms with Crippen molar-refractivity contribution in [3.8, 4) is 0 Å². The van der Waals surface area contributed by atoms with E-state index in [1.54, 1.807) is 7.11 Å². The summed E-state index contributed by atoms with van der Waals surface area (Å²) in [5.74, 6) is 0. The molecular weight excluding hydrogens is 200 g/mol. The molecule has 1 aliphatic heterocycles. The lowest BCUT2D eigenvalue weighted by atomic mass is 10.2. The maximum absolute atomic E-state index is 5.36. The molecule has 5 heteroatoms. The average Bonchev–Trinajstić information content (AvgIpc) is 2.29. The zero-order valence-electron chi connectivity index (χ0n) is 9.28. The van der Waals surface area contributed by atoms with Crippen LogP contribution in [-0.4, -0.2) is 46.8 Å². The van der Waals surface area contributed by atoms with Gasteiger partial charge in [0.05, 0.1) is 13.2 Å². The number of methoxy groups -OCH3 is 1. The second-order valence-corrected chi connectivity index (χ2v) is 3.30. The van der Waals surface area contributed by atoms with Crippen LogP contribution < -0.4 is 0 Å². The molecule has 0 saturated carbocycles. The monoisotopic (exact) mass is 220 g/mol. The Morgan fingerprint density at radius 2 is 2.07 bits per heavy atom. The van der Waals surface area contributed by atoms with Crippen LogP contribution in [0.4, 0.5) is 0 Å². The molecule has 90 valence electrons. The van der Waals surface area contributed by atoms with Crippen LogP contribution in [0.25, 0.3) is 0 Å². The third-order valence-corrected chi connectivity index (χ3v) is 2.07. The molecule has 0 radical (unpaired) electrons. The van der Waals surface area contributed by atoms with Crippen LogP contribution in [0.2, 0.25) is 0 Å². The normalized spacial score (nSPS) is 21.8. The van der Waals surface area contributed by atoms with E-state index >= 15 is 0 Å². The molecule has 0 aliphatic carbocycles. The quantitative estimate of drug-likeness (QED) is 0.453. The Labute approximate surface area is 90.6 Å². The molecule has 1 rings (SSSR count). The van der Waals surface area contributed by atoms with E-state index in [0.29, 0.717) is 13.2 Å². The van der Waals surface area contributed by atoms with E-state index in [0.717, 1.165) is 25.9 Å². The SMILES string of the molecule is COCCOCOCOC1CCCCO1. The summed E-state index contributed by atoms with van der Waals surface area (Å²) < 4.78 is 25.7. The third-order valence-electron chi connectivity index (χ3n) is 2.07. The number of hydrogen-bond acceptors (Lipinski definition) is 5. The van der Waals surface area contributed by atoms with Crippen molar-refractivity contribution in [3.63, 3.8) is 0 Å². The van der Waals surface area contributed by atoms with Gasteiger partial charge in [-0.3, -0.25) is 0 Å². The molecule has 1 aliphatic rings. The van der Waals surface area contributed by atoms with Crippen molar-refractivity contribution in [2.24, 2.45) is 0 Å². The number of rotatable bonds is 8. The first-order valence-corrected chi connectivity index (χ1v) is 5.31. The zero-order valence-corrected chi connectivity index (χ0v) is 9.28. The number of ether oxygens (including phenoxy) is 5. The summed E-state index contributed by atoms with van der Waals surface area (Å²) in [6.45, 7) is 2.36. The van der Waals surface area contributed by atoms with Gasteiger partial charge in [0.25, 0.3) is 0 Å². The fraction of sp³-hybridized carbons (Fsp3) is 1.00. The molecule has 0 spiro atoms. The predicted molar refractivity (Wildman–Crippen MR) is 53.3 cm³/mol. The maximum atomic E-state index is 5.36. The highest BCUT2D eigenvalue weighted by Crippen LogP contribution is 2.13. The Morgan fingerprint density at radius 3 is 2.80 bits per heavy atom. The molecule has 1 fully saturated rings. The highest BCUT2D eigenvalue weighted by atomic mass is 16.8. The molecule has 0 aromatic rings. The lowest BCUT2D eigenvalue weighted by Crippen LogP contribution is -2.23. The van der Waals surface area contributed by atoms with E-state index in [1.807, 2.05) is 0 Å². The smallest absolute Gasteiger partial charge is 0.160 e. The van der Waals surface area contributed by atoms with Crippen molar-refractivity contribution in [2.45, 2.75) is 25.6 Å². The van der Waals surface area contributed by atoms with Gasteiger partial charge >= 0.3 is 0 Å². The molecule has 5 nitrogen and oxygen atoms in total. The summed E-state index contributed by atoms with van der Waals surface area (Å²) in [5.41, 5.74) is 0. The van der Waals surface area contributed by atoms with Gasteiger partial charge in [0.1, 0.15) is 6.79 Å². The van der Waals surface area contributed by atoms with Crippen molar-refractivity contribution < 1.29 is 23.7 Å². The molecule has 1 unspecified atom stereocenters. The molecule has 0 N–H and O–H groups in total. The predicted octanol–water partition coefficient (Wildman–Crippen LogP) is 1.12. The average molecular weight is 220 g/mol. The summed E-state index contributed by atoms with van der Waals surface area (Å²) >= 11 is 0. The van der Waals surface area contributed by atoms with E-state index in [1.165, 1.54) is 0 Å². The van der Waals surface area contributed by atoms with Crippen LogP contribution in [0, 0.1) is 0 Å². The summed E-state index contributed by atoms with van der Waals surface area (Å²) in [4.78, 5) is 0. The first kappa shape index (κ1) is 12.9. The second kappa shape index (κ2) is 9.06. The van der Waals surface area contributed by atoms with Gasteiger partial charge < -0.3 is 23.7 Å². The van der Waals surface area contributed by atoms with Crippen molar-refractivity contribution in [1.29, 1.82) is 0 Å². The van der Waals surface area contributed by atoms with Crippen LogP contribution in [0.3, 0.4) is 0 Å². The molecule has 1 saturated heterocycles. The van der Waals surface area contributed by atoms with Crippen LogP contribution in [0.15, 0.2) is 0 Å². The lowest BCUT2D eigenvalue weighted by Gasteiger charge is -2.22. The van der Waals surface area contributed by atoms with E-state index in [2.05, 4.69) is 0 Å². The summed E-state index contributed by atoms with van der Waals surface area (Å²) in [6.07, 6.45) is 3.14. The fourth-order valence-electron chi connectivity index (χ4n) is 1.26. The Morgan fingerprint density at radius 1 is 1.13 bits per heavy atom. The molecule has 0 bridgehead atoms. The highest BCUT2D eigenvalue weighted by Gasteiger charge is 2.13. The van der Waals surface area contributed by atoms with Crippen molar-refractivity contribution in [3.05, 3.63) is 0 Å². The molecular formula is C10H20O5. The third kappa shape index (κ3) is 6.81. The summed E-state index contributed by atoms with van der Waals surface area (Å²) in [5, 5.41) is 0. The summed E-state index contributed by atoms with van der Waals surface area (Å²) in [7, 11) is 1.63. The van der Waals surface area contributed by atoms with Gasteiger partial charge in [0, 0.05) is 13.7 Å². The Bertz CT molecular complexity index is 136. The largest absolute Gasteiger partial charge is 0.382 e. The summed E-state index contributed by atoms with van der Waals surface area (Å²) in [6, 6.07) is 0. The van der Waals surface area contributed by atoms with Gasteiger partial charge in [-0.05, 0) is 19.3 Å². The van der Waals surface area contributed by atoms with E-state index in [-0.39, 0.29) is 19.9 Å². The molecule has 1 heterocycles. The molecule has 1 atom stereocenters. The maximum Gasteiger partial charge on any atom is 0.160 e. The van der Waals surface area contributed by atoms with Crippen LogP contribution in [0.5, 0.6) is 0 Å². The van der Waals surface area contributed by atoms with Crippen LogP contribution in [0.1, 0.15) is 19.3 Å². The molecule has 0 aromatic carbocycles. The minimum absolute atomic E-state index is 0.0993. The van der Waals surface area contributed by atoms with E-state index in [4.69, 9.17) is 23.7 Å². The van der Waals surface area contributed by atoms with Crippen molar-refractivity contribution in [1.82, 2.24) is 0 Å². The molecule has 0 amide bonds. The minimum atomic E-state index is -0.0993. The molecule has 0 aromatic heterocycles. The lowest BCUT2D eigenvalue weighted by molar-refractivity contribution is -0.227. The van der Waals surface area contributed by atoms with E-state index < -0.39 is 0 Å².